The van der Waals surface area contributed by atoms with E-state index in [1.54, 1.807) is 0 Å². The van der Waals surface area contributed by atoms with Gasteiger partial charge in [0.05, 0.1) is 10.6 Å². The van der Waals surface area contributed by atoms with Crippen molar-refractivity contribution < 1.29 is 9.05 Å². The van der Waals surface area contributed by atoms with Gasteiger partial charge in [-0.1, -0.05) is 127 Å². The van der Waals surface area contributed by atoms with Crippen molar-refractivity contribution in [2.24, 2.45) is 0 Å². The Morgan fingerprint density at radius 1 is 0.368 bits per heavy atom. The third kappa shape index (κ3) is 4.87. The lowest BCUT2D eigenvalue weighted by Gasteiger charge is -2.35. The molecule has 38 heavy (non-hydrogen) atoms. The second-order valence-electron chi connectivity index (χ2n) is 8.97. The first-order valence-electron chi connectivity index (χ1n) is 12.7. The van der Waals surface area contributed by atoms with Gasteiger partial charge in [-0.05, 0) is 58.7 Å². The largest absolute Gasteiger partial charge is 0.439 e. The minimum atomic E-state index is -2.95. The van der Waals surface area contributed by atoms with E-state index < -0.39 is 7.34 Å². The summed E-state index contributed by atoms with van der Waals surface area (Å²) in [6.45, 7) is 0. The smallest absolute Gasteiger partial charge is 0.260 e. The van der Waals surface area contributed by atoms with E-state index in [-0.39, 0.29) is 0 Å². The quantitative estimate of drug-likeness (QED) is 0.203. The number of para-hydroxylation sites is 2. The Kier molecular flexibility index (Phi) is 6.81. The molecule has 0 aliphatic carbocycles. The van der Waals surface area contributed by atoms with Crippen LogP contribution in [0, 0.1) is 0 Å². The van der Waals surface area contributed by atoms with Crippen LogP contribution in [-0.2, 0) is 0 Å². The Morgan fingerprint density at radius 2 is 0.763 bits per heavy atom. The second kappa shape index (κ2) is 10.8. The van der Waals surface area contributed by atoms with Crippen LogP contribution < -0.4 is 9.05 Å². The summed E-state index contributed by atoms with van der Waals surface area (Å²) >= 11 is 0. The van der Waals surface area contributed by atoms with E-state index in [2.05, 4.69) is 84.9 Å². The summed E-state index contributed by atoms with van der Waals surface area (Å²) in [5.41, 5.74) is 4.41. The third-order valence-corrected chi connectivity index (χ3v) is 9.40. The maximum atomic E-state index is 7.10. The first-order chi connectivity index (χ1) is 18.8. The van der Waals surface area contributed by atoms with Crippen LogP contribution in [0.3, 0.4) is 0 Å². The summed E-state index contributed by atoms with van der Waals surface area (Å²) in [4.78, 5) is 0. The first kappa shape index (κ1) is 23.9. The van der Waals surface area contributed by atoms with Gasteiger partial charge in [0.25, 0.3) is 7.34 Å². The zero-order valence-electron chi connectivity index (χ0n) is 20.9. The fourth-order valence-electron chi connectivity index (χ4n) is 4.63. The molecule has 0 atom stereocenters. The van der Waals surface area contributed by atoms with E-state index in [1.807, 2.05) is 78.9 Å². The SMILES string of the molecule is C1=C(c2ccccc2)C=C(c2ccccc2)P(Oc2ccccc2)(Oc2ccccc2)=C1c1ccccc1. The molecule has 6 rings (SSSR count). The van der Waals surface area contributed by atoms with E-state index >= 15 is 0 Å². The van der Waals surface area contributed by atoms with Gasteiger partial charge in [-0.25, -0.2) is 0 Å². The molecule has 184 valence electrons. The van der Waals surface area contributed by atoms with Gasteiger partial charge in [0, 0.05) is 0 Å². The van der Waals surface area contributed by atoms with Crippen molar-refractivity contribution >= 4 is 23.5 Å². The van der Waals surface area contributed by atoms with Crippen molar-refractivity contribution in [3.63, 3.8) is 0 Å². The van der Waals surface area contributed by atoms with Gasteiger partial charge in [0.2, 0.25) is 0 Å². The van der Waals surface area contributed by atoms with Gasteiger partial charge >= 0.3 is 0 Å². The molecule has 1 aliphatic heterocycles. The molecule has 0 saturated heterocycles. The van der Waals surface area contributed by atoms with E-state index in [9.17, 15) is 0 Å². The molecule has 5 aromatic rings. The molecule has 0 saturated carbocycles. The molecule has 2 nitrogen and oxygen atoms in total. The van der Waals surface area contributed by atoms with E-state index in [0.29, 0.717) is 0 Å². The average Bonchev–Trinajstić information content (AvgIpc) is 2.99. The van der Waals surface area contributed by atoms with E-state index in [0.717, 1.165) is 44.4 Å². The topological polar surface area (TPSA) is 18.5 Å². The Labute approximate surface area is 224 Å². The van der Waals surface area contributed by atoms with Gasteiger partial charge in [0.15, 0.2) is 0 Å². The third-order valence-electron chi connectivity index (χ3n) is 6.42. The molecule has 0 unspecified atom stereocenters. The fraction of sp³-hybridized carbons (Fsp3) is 0. The molecule has 0 bridgehead atoms. The molecular weight excluding hydrogens is 483 g/mol. The molecule has 5 aromatic carbocycles. The Bertz CT molecular complexity index is 1580. The first-order valence-corrected chi connectivity index (χ1v) is 14.3. The predicted molar refractivity (Wildman–Crippen MR) is 160 cm³/mol. The lowest BCUT2D eigenvalue weighted by molar-refractivity contribution is 0.497. The predicted octanol–water partition coefficient (Wildman–Crippen LogP) is 9.35. The summed E-state index contributed by atoms with van der Waals surface area (Å²) in [5, 5.41) is 2.07. The van der Waals surface area contributed by atoms with Crippen molar-refractivity contribution in [2.45, 2.75) is 0 Å². The van der Waals surface area contributed by atoms with Crippen LogP contribution in [0.4, 0.5) is 0 Å². The van der Waals surface area contributed by atoms with Crippen LogP contribution in [0.2, 0.25) is 0 Å². The van der Waals surface area contributed by atoms with Gasteiger partial charge in [-0.15, -0.1) is 0 Å². The standard InChI is InChI=1S/C35H27O2P/c1-6-16-28(17-7-1)31-26-34(29-18-8-2-9-19-29)38(36-32-22-12-4-13-23-32,37-33-24-14-5-15-25-33)35(27-31)30-20-10-3-11-21-30/h1-27H. The average molecular weight is 511 g/mol. The highest BCUT2D eigenvalue weighted by Gasteiger charge is 2.37. The van der Waals surface area contributed by atoms with Crippen molar-refractivity contribution in [1.82, 2.24) is 0 Å². The maximum absolute atomic E-state index is 7.10. The van der Waals surface area contributed by atoms with Crippen LogP contribution >= 0.6 is 7.34 Å². The van der Waals surface area contributed by atoms with Gasteiger partial charge in [0.1, 0.15) is 11.5 Å². The molecular formula is C35H27O2P. The van der Waals surface area contributed by atoms with Crippen molar-refractivity contribution in [1.29, 1.82) is 0 Å². The van der Waals surface area contributed by atoms with Crippen molar-refractivity contribution in [3.05, 3.63) is 181 Å². The van der Waals surface area contributed by atoms with Crippen molar-refractivity contribution in [2.75, 3.05) is 0 Å². The van der Waals surface area contributed by atoms with E-state index in [1.165, 1.54) is 0 Å². The highest BCUT2D eigenvalue weighted by molar-refractivity contribution is 7.78. The summed E-state index contributed by atoms with van der Waals surface area (Å²) < 4.78 is 14.2. The molecule has 1 heterocycles. The lowest BCUT2D eigenvalue weighted by atomic mass is 10.0. The lowest BCUT2D eigenvalue weighted by Crippen LogP contribution is -2.16. The van der Waals surface area contributed by atoms with Crippen LogP contribution in [-0.4, -0.2) is 5.29 Å². The van der Waals surface area contributed by atoms with Crippen LogP contribution in [0.5, 0.6) is 11.5 Å². The number of allylic oxidation sites excluding steroid dienone is 3. The van der Waals surface area contributed by atoms with Gasteiger partial charge < -0.3 is 9.05 Å². The zero-order valence-corrected chi connectivity index (χ0v) is 21.7. The second-order valence-corrected chi connectivity index (χ2v) is 11.4. The Balaban J connectivity index is 1.72. The van der Waals surface area contributed by atoms with Crippen LogP contribution in [0.25, 0.3) is 10.9 Å². The zero-order chi connectivity index (χ0) is 25.6. The molecule has 0 amide bonds. The summed E-state index contributed by atoms with van der Waals surface area (Å²) in [6.07, 6.45) is 4.49. The monoisotopic (exact) mass is 510 g/mol. The molecule has 0 spiro atoms. The molecule has 0 N–H and O–H groups in total. The summed E-state index contributed by atoms with van der Waals surface area (Å²) in [7, 11) is -2.95. The number of hydrogen-bond acceptors (Lipinski definition) is 2. The fourth-order valence-corrected chi connectivity index (χ4v) is 7.76. The molecule has 0 aromatic heterocycles. The van der Waals surface area contributed by atoms with Crippen molar-refractivity contribution in [3.8, 4) is 11.5 Å². The number of rotatable bonds is 7. The highest BCUT2D eigenvalue weighted by Crippen LogP contribution is 2.65. The molecule has 1 aliphatic rings. The molecule has 0 fully saturated rings. The minimum absolute atomic E-state index is 0.767. The number of hydrogen-bond donors (Lipinski definition) is 0. The minimum Gasteiger partial charge on any atom is -0.439 e. The maximum Gasteiger partial charge on any atom is 0.260 e. The normalized spacial score (nSPS) is 14.3. The Morgan fingerprint density at radius 3 is 1.24 bits per heavy atom. The molecule has 3 heteroatoms. The number of benzene rings is 5. The van der Waals surface area contributed by atoms with Crippen LogP contribution in [0.15, 0.2) is 164 Å². The highest BCUT2D eigenvalue weighted by atomic mass is 31.2. The van der Waals surface area contributed by atoms with E-state index in [4.69, 9.17) is 9.05 Å². The molecule has 0 radical (unpaired) electrons. The van der Waals surface area contributed by atoms with Gasteiger partial charge in [-0.3, -0.25) is 0 Å². The Hall–Kier alpha value is -4.52. The van der Waals surface area contributed by atoms with Crippen LogP contribution in [0.1, 0.15) is 16.7 Å². The summed E-state index contributed by atoms with van der Waals surface area (Å²) in [6, 6.07) is 51.4. The summed E-state index contributed by atoms with van der Waals surface area (Å²) in [5.74, 6) is 1.53. The van der Waals surface area contributed by atoms with Gasteiger partial charge in [-0.2, -0.15) is 0 Å².